The fourth-order valence-electron chi connectivity index (χ4n) is 2.75. The van der Waals surface area contributed by atoms with Gasteiger partial charge in [0.1, 0.15) is 5.75 Å². The molecule has 0 saturated heterocycles. The molecule has 0 bridgehead atoms. The molecule has 0 fully saturated rings. The van der Waals surface area contributed by atoms with E-state index in [0.717, 1.165) is 5.75 Å². The number of ether oxygens (including phenoxy) is 1. The van der Waals surface area contributed by atoms with E-state index in [-0.39, 0.29) is 10.8 Å². The molecule has 0 aliphatic carbocycles. The average Bonchev–Trinajstić information content (AvgIpc) is 2.60. The molecule has 0 amide bonds. The predicted octanol–water partition coefficient (Wildman–Crippen LogP) is 7.13. The van der Waals surface area contributed by atoms with Crippen LogP contribution in [0.2, 0.25) is 0 Å². The van der Waals surface area contributed by atoms with Crippen molar-refractivity contribution in [1.82, 2.24) is 0 Å². The van der Waals surface area contributed by atoms with E-state index < -0.39 is 0 Å². The molecule has 0 aliphatic rings. The van der Waals surface area contributed by atoms with Crippen molar-refractivity contribution in [1.29, 1.82) is 0 Å². The summed E-state index contributed by atoms with van der Waals surface area (Å²) in [4.78, 5) is 0. The van der Waals surface area contributed by atoms with Crippen LogP contribution in [0.25, 0.3) is 10.8 Å². The largest absolute Gasteiger partial charge is 0.497 e. The zero-order valence-corrected chi connectivity index (χ0v) is 17.3. The summed E-state index contributed by atoms with van der Waals surface area (Å²) in [5, 5.41) is 2.65. The Morgan fingerprint density at radius 2 is 1.08 bits per heavy atom. The Hall–Kier alpha value is -2.28. The molecule has 0 aliphatic heterocycles. The Bertz CT molecular complexity index is 830. The normalized spacial score (nSPS) is 11.7. The highest BCUT2D eigenvalue weighted by atomic mass is 16.5. The summed E-state index contributed by atoms with van der Waals surface area (Å²) >= 11 is 0. The Kier molecular flexibility index (Phi) is 6.13. The summed E-state index contributed by atoms with van der Waals surface area (Å²) in [7, 11) is 1.69. The molecule has 3 rings (SSSR count). The van der Waals surface area contributed by atoms with Crippen LogP contribution < -0.4 is 4.74 Å². The summed E-state index contributed by atoms with van der Waals surface area (Å²) in [6.45, 7) is 13.4. The molecule has 1 heteroatoms. The third-order valence-electron chi connectivity index (χ3n) is 4.57. The van der Waals surface area contributed by atoms with Crippen LogP contribution in [0.4, 0.5) is 0 Å². The lowest BCUT2D eigenvalue weighted by molar-refractivity contribution is 0.414. The van der Waals surface area contributed by atoms with Crippen LogP contribution in [0, 0.1) is 0 Å². The molecule has 0 spiro atoms. The first kappa shape index (κ1) is 20.0. The lowest BCUT2D eigenvalue weighted by Crippen LogP contribution is -2.10. The molecule has 3 aromatic carbocycles. The third kappa shape index (κ3) is 5.36. The topological polar surface area (TPSA) is 9.23 Å². The van der Waals surface area contributed by atoms with Gasteiger partial charge in [0.25, 0.3) is 0 Å². The molecule has 3 aromatic rings. The second kappa shape index (κ2) is 7.95. The number of hydrogen-bond acceptors (Lipinski definition) is 1. The van der Waals surface area contributed by atoms with Gasteiger partial charge in [0.2, 0.25) is 0 Å². The smallest absolute Gasteiger partial charge is 0.118 e. The van der Waals surface area contributed by atoms with E-state index in [9.17, 15) is 0 Å². The van der Waals surface area contributed by atoms with Crippen molar-refractivity contribution in [3.05, 3.63) is 77.9 Å². The minimum Gasteiger partial charge on any atom is -0.497 e. The van der Waals surface area contributed by atoms with Gasteiger partial charge in [-0.15, -0.1) is 0 Å². The molecular weight excluding hydrogens is 316 g/mol. The van der Waals surface area contributed by atoms with Crippen LogP contribution in [0.15, 0.2) is 66.7 Å². The standard InChI is InChI=1S/C14H16.C11H16O/c1-14(2,3)13-9-8-11-6-4-5-7-12(11)10-13;1-11(2,3)9-5-7-10(12-4)8-6-9/h4-10H,1-3H3;5-8H,1-4H3. The predicted molar refractivity (Wildman–Crippen MR) is 114 cm³/mol. The Morgan fingerprint density at radius 3 is 1.58 bits per heavy atom. The van der Waals surface area contributed by atoms with E-state index in [4.69, 9.17) is 4.74 Å². The van der Waals surface area contributed by atoms with Gasteiger partial charge in [0, 0.05) is 0 Å². The molecular formula is C25H32O. The van der Waals surface area contributed by atoms with Gasteiger partial charge in [-0.2, -0.15) is 0 Å². The van der Waals surface area contributed by atoms with E-state index in [1.165, 1.54) is 21.9 Å². The molecule has 0 N–H and O–H groups in total. The maximum absolute atomic E-state index is 5.08. The highest BCUT2D eigenvalue weighted by Gasteiger charge is 2.13. The highest BCUT2D eigenvalue weighted by molar-refractivity contribution is 5.83. The molecule has 26 heavy (non-hydrogen) atoms. The molecule has 0 unspecified atom stereocenters. The van der Waals surface area contributed by atoms with Crippen LogP contribution in [0.3, 0.4) is 0 Å². The van der Waals surface area contributed by atoms with Crippen molar-refractivity contribution in [2.75, 3.05) is 7.11 Å². The minimum atomic E-state index is 0.228. The number of hydrogen-bond donors (Lipinski definition) is 0. The molecule has 1 nitrogen and oxygen atoms in total. The van der Waals surface area contributed by atoms with Gasteiger partial charge in [0.15, 0.2) is 0 Å². The van der Waals surface area contributed by atoms with E-state index >= 15 is 0 Å². The maximum atomic E-state index is 5.08. The first-order valence-electron chi connectivity index (χ1n) is 9.25. The van der Waals surface area contributed by atoms with Crippen LogP contribution >= 0.6 is 0 Å². The molecule has 0 heterocycles. The van der Waals surface area contributed by atoms with Crippen molar-refractivity contribution >= 4 is 10.8 Å². The minimum absolute atomic E-state index is 0.228. The number of fused-ring (bicyclic) bond motifs is 1. The second-order valence-electron chi connectivity index (χ2n) is 8.79. The average molecular weight is 349 g/mol. The summed E-state index contributed by atoms with van der Waals surface area (Å²) in [5.74, 6) is 0.919. The molecule has 0 atom stereocenters. The SMILES string of the molecule is CC(C)(C)c1ccc2ccccc2c1.COc1ccc(C(C)(C)C)cc1. The summed E-state index contributed by atoms with van der Waals surface area (Å²) < 4.78 is 5.08. The highest BCUT2D eigenvalue weighted by Crippen LogP contribution is 2.26. The first-order chi connectivity index (χ1) is 12.1. The van der Waals surface area contributed by atoms with Crippen LogP contribution in [-0.4, -0.2) is 7.11 Å². The van der Waals surface area contributed by atoms with Crippen molar-refractivity contribution in [2.24, 2.45) is 0 Å². The first-order valence-corrected chi connectivity index (χ1v) is 9.25. The summed E-state index contributed by atoms with van der Waals surface area (Å²) in [5.41, 5.74) is 3.20. The van der Waals surface area contributed by atoms with E-state index in [1.807, 2.05) is 12.1 Å². The van der Waals surface area contributed by atoms with E-state index in [2.05, 4.69) is 96.1 Å². The molecule has 0 radical (unpaired) electrons. The van der Waals surface area contributed by atoms with Crippen molar-refractivity contribution in [2.45, 2.75) is 52.4 Å². The fraction of sp³-hybridized carbons (Fsp3) is 0.360. The fourth-order valence-corrected chi connectivity index (χ4v) is 2.75. The van der Waals surface area contributed by atoms with Gasteiger partial charge >= 0.3 is 0 Å². The zero-order valence-electron chi connectivity index (χ0n) is 17.3. The van der Waals surface area contributed by atoms with Crippen molar-refractivity contribution in [3.63, 3.8) is 0 Å². The van der Waals surface area contributed by atoms with Gasteiger partial charge in [-0.3, -0.25) is 0 Å². The quantitative estimate of drug-likeness (QED) is 0.454. The maximum Gasteiger partial charge on any atom is 0.118 e. The van der Waals surface area contributed by atoms with Crippen molar-refractivity contribution < 1.29 is 4.74 Å². The van der Waals surface area contributed by atoms with E-state index in [0.29, 0.717) is 0 Å². The van der Waals surface area contributed by atoms with Crippen LogP contribution in [0.1, 0.15) is 52.7 Å². The van der Waals surface area contributed by atoms with Gasteiger partial charge in [0.05, 0.1) is 7.11 Å². The van der Waals surface area contributed by atoms with E-state index in [1.54, 1.807) is 7.11 Å². The summed E-state index contributed by atoms with van der Waals surface area (Å²) in [6, 6.07) is 23.4. The van der Waals surface area contributed by atoms with Gasteiger partial charge < -0.3 is 4.74 Å². The van der Waals surface area contributed by atoms with Crippen LogP contribution in [-0.2, 0) is 10.8 Å². The Morgan fingerprint density at radius 1 is 0.577 bits per heavy atom. The lowest BCUT2D eigenvalue weighted by atomic mass is 9.86. The number of benzene rings is 3. The zero-order chi connectivity index (χ0) is 19.4. The van der Waals surface area contributed by atoms with Gasteiger partial charge in [-0.1, -0.05) is 96.1 Å². The molecule has 0 aromatic heterocycles. The number of rotatable bonds is 1. The van der Waals surface area contributed by atoms with Gasteiger partial charge in [-0.25, -0.2) is 0 Å². The van der Waals surface area contributed by atoms with Crippen LogP contribution in [0.5, 0.6) is 5.75 Å². The molecule has 138 valence electrons. The van der Waals surface area contributed by atoms with Crippen molar-refractivity contribution in [3.8, 4) is 5.75 Å². The monoisotopic (exact) mass is 348 g/mol. The Balaban J connectivity index is 0.000000190. The molecule has 0 saturated carbocycles. The summed E-state index contributed by atoms with van der Waals surface area (Å²) in [6.07, 6.45) is 0. The van der Waals surface area contributed by atoms with Gasteiger partial charge in [-0.05, 0) is 44.9 Å². The third-order valence-corrected chi connectivity index (χ3v) is 4.57. The second-order valence-corrected chi connectivity index (χ2v) is 8.79. The number of methoxy groups -OCH3 is 1. The Labute approximate surface area is 159 Å². The lowest BCUT2D eigenvalue weighted by Gasteiger charge is -2.19.